The lowest BCUT2D eigenvalue weighted by molar-refractivity contribution is 0.0547. The zero-order valence-electron chi connectivity index (χ0n) is 8.12. The SMILES string of the molecule is CC1CC(N)CCN1CC(O)CF. The average molecular weight is 190 g/mol. The van der Waals surface area contributed by atoms with E-state index in [1.165, 1.54) is 0 Å². The van der Waals surface area contributed by atoms with E-state index >= 15 is 0 Å². The summed E-state index contributed by atoms with van der Waals surface area (Å²) in [5.41, 5.74) is 5.79. The van der Waals surface area contributed by atoms with E-state index in [0.717, 1.165) is 19.4 Å². The van der Waals surface area contributed by atoms with Crippen LogP contribution in [0.5, 0.6) is 0 Å². The number of nitrogens with zero attached hydrogens (tertiary/aromatic N) is 1. The van der Waals surface area contributed by atoms with Crippen LogP contribution in [0.3, 0.4) is 0 Å². The molecule has 3 unspecified atom stereocenters. The molecule has 1 aliphatic heterocycles. The van der Waals surface area contributed by atoms with E-state index in [1.54, 1.807) is 0 Å². The number of β-amino-alcohol motifs (C(OH)–C–C–N with tert-alkyl or cyclic N) is 1. The molecule has 1 heterocycles. The quantitative estimate of drug-likeness (QED) is 0.665. The van der Waals surface area contributed by atoms with Crippen molar-refractivity contribution < 1.29 is 9.50 Å². The second-order valence-electron chi connectivity index (χ2n) is 3.94. The predicted molar refractivity (Wildman–Crippen MR) is 50.2 cm³/mol. The molecular weight excluding hydrogens is 171 g/mol. The molecular formula is C9H19FN2O. The van der Waals surface area contributed by atoms with Crippen molar-refractivity contribution in [3.05, 3.63) is 0 Å². The number of hydrogen-bond acceptors (Lipinski definition) is 3. The van der Waals surface area contributed by atoms with Gasteiger partial charge in [0, 0.05) is 18.6 Å². The Morgan fingerprint density at radius 3 is 2.92 bits per heavy atom. The zero-order chi connectivity index (χ0) is 9.84. The minimum Gasteiger partial charge on any atom is -0.389 e. The van der Waals surface area contributed by atoms with Crippen LogP contribution in [0.4, 0.5) is 4.39 Å². The van der Waals surface area contributed by atoms with Gasteiger partial charge in [0.05, 0.1) is 6.10 Å². The second kappa shape index (κ2) is 4.88. The van der Waals surface area contributed by atoms with Gasteiger partial charge in [-0.2, -0.15) is 0 Å². The number of nitrogens with two attached hydrogens (primary N) is 1. The third-order valence-corrected chi connectivity index (χ3v) is 2.68. The molecule has 0 aromatic rings. The molecule has 1 rings (SSSR count). The topological polar surface area (TPSA) is 49.5 Å². The van der Waals surface area contributed by atoms with Crippen LogP contribution < -0.4 is 5.73 Å². The highest BCUT2D eigenvalue weighted by atomic mass is 19.1. The van der Waals surface area contributed by atoms with Crippen molar-refractivity contribution in [3.8, 4) is 0 Å². The van der Waals surface area contributed by atoms with Crippen molar-refractivity contribution in [2.75, 3.05) is 19.8 Å². The van der Waals surface area contributed by atoms with Crippen LogP contribution in [-0.4, -0.2) is 48.0 Å². The van der Waals surface area contributed by atoms with E-state index < -0.39 is 12.8 Å². The number of rotatable bonds is 3. The maximum absolute atomic E-state index is 12.0. The summed E-state index contributed by atoms with van der Waals surface area (Å²) in [6.45, 7) is 2.73. The van der Waals surface area contributed by atoms with E-state index in [2.05, 4.69) is 11.8 Å². The first-order valence-corrected chi connectivity index (χ1v) is 4.87. The molecule has 1 saturated heterocycles. The lowest BCUT2D eigenvalue weighted by atomic mass is 9.99. The summed E-state index contributed by atoms with van der Waals surface area (Å²) in [5, 5.41) is 9.15. The third-order valence-electron chi connectivity index (χ3n) is 2.68. The molecule has 0 amide bonds. The number of hydrogen-bond donors (Lipinski definition) is 2. The molecule has 13 heavy (non-hydrogen) atoms. The minimum atomic E-state index is -0.836. The Balaban J connectivity index is 2.33. The zero-order valence-corrected chi connectivity index (χ0v) is 8.12. The van der Waals surface area contributed by atoms with Crippen molar-refractivity contribution in [3.63, 3.8) is 0 Å². The molecule has 3 N–H and O–H groups in total. The van der Waals surface area contributed by atoms with E-state index in [4.69, 9.17) is 10.8 Å². The smallest absolute Gasteiger partial charge is 0.117 e. The molecule has 4 heteroatoms. The first-order valence-electron chi connectivity index (χ1n) is 4.87. The first kappa shape index (κ1) is 10.9. The Labute approximate surface area is 78.7 Å². The molecule has 0 aromatic heterocycles. The first-order chi connectivity index (χ1) is 6.13. The van der Waals surface area contributed by atoms with Gasteiger partial charge >= 0.3 is 0 Å². The van der Waals surface area contributed by atoms with Gasteiger partial charge in [0.25, 0.3) is 0 Å². The van der Waals surface area contributed by atoms with Crippen molar-refractivity contribution in [1.82, 2.24) is 4.90 Å². The lowest BCUT2D eigenvalue weighted by Crippen LogP contribution is -2.48. The molecule has 0 aliphatic carbocycles. The van der Waals surface area contributed by atoms with Crippen molar-refractivity contribution in [2.24, 2.45) is 5.73 Å². The highest BCUT2D eigenvalue weighted by Crippen LogP contribution is 2.15. The second-order valence-corrected chi connectivity index (χ2v) is 3.94. The number of aliphatic hydroxyl groups excluding tert-OH is 1. The maximum atomic E-state index is 12.0. The molecule has 3 nitrogen and oxygen atoms in total. The van der Waals surface area contributed by atoms with Crippen LogP contribution in [0.2, 0.25) is 0 Å². The van der Waals surface area contributed by atoms with Gasteiger partial charge in [-0.25, -0.2) is 4.39 Å². The molecule has 3 atom stereocenters. The Kier molecular flexibility index (Phi) is 4.09. The molecule has 78 valence electrons. The van der Waals surface area contributed by atoms with E-state index in [1.807, 2.05) is 0 Å². The van der Waals surface area contributed by atoms with Crippen molar-refractivity contribution >= 4 is 0 Å². The average Bonchev–Trinajstić information content (AvgIpc) is 2.09. The van der Waals surface area contributed by atoms with Gasteiger partial charge in [0.2, 0.25) is 0 Å². The fourth-order valence-corrected chi connectivity index (χ4v) is 1.85. The van der Waals surface area contributed by atoms with Gasteiger partial charge in [-0.1, -0.05) is 0 Å². The van der Waals surface area contributed by atoms with E-state index in [0.29, 0.717) is 12.6 Å². The Hall–Kier alpha value is -0.190. The Morgan fingerprint density at radius 2 is 2.38 bits per heavy atom. The normalized spacial score (nSPS) is 33.2. The molecule has 0 bridgehead atoms. The summed E-state index contributed by atoms with van der Waals surface area (Å²) in [6, 6.07) is 0.638. The van der Waals surface area contributed by atoms with Crippen molar-refractivity contribution in [2.45, 2.75) is 38.0 Å². The number of piperidine rings is 1. The molecule has 0 saturated carbocycles. The maximum Gasteiger partial charge on any atom is 0.117 e. The van der Waals surface area contributed by atoms with E-state index in [9.17, 15) is 4.39 Å². The summed E-state index contributed by atoms with van der Waals surface area (Å²) in [6.07, 6.45) is 1.05. The summed E-state index contributed by atoms with van der Waals surface area (Å²) >= 11 is 0. The van der Waals surface area contributed by atoms with Crippen LogP contribution in [0.15, 0.2) is 0 Å². The Morgan fingerprint density at radius 1 is 1.69 bits per heavy atom. The summed E-state index contributed by atoms with van der Waals surface area (Å²) in [7, 11) is 0. The number of alkyl halides is 1. The highest BCUT2D eigenvalue weighted by molar-refractivity contribution is 4.81. The monoisotopic (exact) mass is 190 g/mol. The summed E-state index contributed by atoms with van der Waals surface area (Å²) < 4.78 is 12.0. The van der Waals surface area contributed by atoms with Gasteiger partial charge in [-0.15, -0.1) is 0 Å². The number of halogens is 1. The predicted octanol–water partition coefficient (Wildman–Crippen LogP) is 0.128. The van der Waals surface area contributed by atoms with Gasteiger partial charge in [-0.05, 0) is 26.3 Å². The van der Waals surface area contributed by atoms with Crippen LogP contribution in [0.25, 0.3) is 0 Å². The fourth-order valence-electron chi connectivity index (χ4n) is 1.85. The van der Waals surface area contributed by atoms with Crippen molar-refractivity contribution in [1.29, 1.82) is 0 Å². The van der Waals surface area contributed by atoms with Crippen LogP contribution >= 0.6 is 0 Å². The molecule has 1 fully saturated rings. The molecule has 0 aromatic carbocycles. The van der Waals surface area contributed by atoms with Crippen LogP contribution in [-0.2, 0) is 0 Å². The minimum absolute atomic E-state index is 0.272. The van der Waals surface area contributed by atoms with Crippen LogP contribution in [0.1, 0.15) is 19.8 Å². The van der Waals surface area contributed by atoms with Gasteiger partial charge in [0.15, 0.2) is 0 Å². The standard InChI is InChI=1S/C9H19FN2O/c1-7-4-8(11)2-3-12(7)6-9(13)5-10/h7-9,13H,2-6,11H2,1H3. The van der Waals surface area contributed by atoms with Crippen LogP contribution in [0, 0.1) is 0 Å². The lowest BCUT2D eigenvalue weighted by Gasteiger charge is -2.37. The van der Waals surface area contributed by atoms with Gasteiger partial charge in [-0.3, -0.25) is 4.90 Å². The van der Waals surface area contributed by atoms with Gasteiger partial charge < -0.3 is 10.8 Å². The van der Waals surface area contributed by atoms with E-state index in [-0.39, 0.29) is 6.04 Å². The third kappa shape index (κ3) is 3.21. The summed E-state index contributed by atoms with van der Waals surface area (Å²) in [4.78, 5) is 2.10. The Bertz CT molecular complexity index is 157. The highest BCUT2D eigenvalue weighted by Gasteiger charge is 2.24. The molecule has 1 aliphatic rings. The van der Waals surface area contributed by atoms with Gasteiger partial charge in [0.1, 0.15) is 6.67 Å². The largest absolute Gasteiger partial charge is 0.389 e. The fraction of sp³-hybridized carbons (Fsp3) is 1.00. The number of likely N-dealkylation sites (tertiary alicyclic amines) is 1. The number of aliphatic hydroxyl groups is 1. The molecule has 0 spiro atoms. The summed E-state index contributed by atoms with van der Waals surface area (Å²) in [5.74, 6) is 0. The molecule has 0 radical (unpaired) electrons.